The van der Waals surface area contributed by atoms with E-state index in [1.807, 2.05) is 26.2 Å². The van der Waals surface area contributed by atoms with Crippen LogP contribution < -0.4 is 4.72 Å². The van der Waals surface area contributed by atoms with Gasteiger partial charge in [-0.15, -0.1) is 11.3 Å². The zero-order valence-corrected chi connectivity index (χ0v) is 12.2. The van der Waals surface area contributed by atoms with Crippen molar-refractivity contribution in [1.82, 2.24) is 4.98 Å². The van der Waals surface area contributed by atoms with Gasteiger partial charge in [0.2, 0.25) is 10.0 Å². The number of thiazole rings is 1. The molecular formula is C11H18N2O2S2. The monoisotopic (exact) mass is 274 g/mol. The van der Waals surface area contributed by atoms with E-state index in [1.54, 1.807) is 6.92 Å². The van der Waals surface area contributed by atoms with Gasteiger partial charge < -0.3 is 0 Å². The Labute approximate surface area is 107 Å². The molecule has 0 saturated carbocycles. The first-order valence-electron chi connectivity index (χ1n) is 5.21. The third-order valence-corrected chi connectivity index (χ3v) is 4.22. The normalized spacial score (nSPS) is 12.5. The van der Waals surface area contributed by atoms with Crippen molar-refractivity contribution in [2.24, 2.45) is 0 Å². The fourth-order valence-electron chi connectivity index (χ4n) is 1.16. The topological polar surface area (TPSA) is 59.1 Å². The van der Waals surface area contributed by atoms with Crippen molar-refractivity contribution in [3.8, 4) is 0 Å². The van der Waals surface area contributed by atoms with Crippen LogP contribution >= 0.6 is 11.3 Å². The molecule has 0 unspecified atom stereocenters. The van der Waals surface area contributed by atoms with Crippen molar-refractivity contribution in [2.75, 3.05) is 10.5 Å². The summed E-state index contributed by atoms with van der Waals surface area (Å²) in [6, 6.07) is 0. The zero-order valence-electron chi connectivity index (χ0n) is 10.6. The largest absolute Gasteiger partial charge is 0.258 e. The Bertz CT molecular complexity index is 510. The molecule has 0 aliphatic rings. The van der Waals surface area contributed by atoms with Gasteiger partial charge in [0.25, 0.3) is 0 Å². The van der Waals surface area contributed by atoms with Crippen LogP contribution in [-0.4, -0.2) is 19.2 Å². The highest BCUT2D eigenvalue weighted by Gasteiger charge is 2.19. The first-order valence-corrected chi connectivity index (χ1v) is 7.74. The predicted octanol–water partition coefficient (Wildman–Crippen LogP) is 2.76. The molecule has 96 valence electrons. The summed E-state index contributed by atoms with van der Waals surface area (Å²) >= 11 is 1.30. The van der Waals surface area contributed by atoms with Gasteiger partial charge in [-0.2, -0.15) is 0 Å². The lowest BCUT2D eigenvalue weighted by molar-refractivity contribution is 0.573. The van der Waals surface area contributed by atoms with Crippen molar-refractivity contribution < 1.29 is 8.42 Å². The summed E-state index contributed by atoms with van der Waals surface area (Å²) in [5, 5.41) is 2.29. The number of nitrogens with zero attached hydrogens (tertiary/aromatic N) is 1. The van der Waals surface area contributed by atoms with E-state index in [0.29, 0.717) is 10.7 Å². The van der Waals surface area contributed by atoms with Gasteiger partial charge in [-0.05, 0) is 6.92 Å². The SMILES string of the molecule is C=C(C)CS(=O)(=O)Nc1nc(C(C)(C)C)cs1. The Balaban J connectivity index is 2.84. The van der Waals surface area contributed by atoms with Crippen molar-refractivity contribution in [3.05, 3.63) is 23.2 Å². The molecule has 0 bridgehead atoms. The molecule has 0 amide bonds. The van der Waals surface area contributed by atoms with Gasteiger partial charge in [-0.1, -0.05) is 32.9 Å². The van der Waals surface area contributed by atoms with Gasteiger partial charge in [0, 0.05) is 10.8 Å². The molecule has 0 fully saturated rings. The summed E-state index contributed by atoms with van der Waals surface area (Å²) in [6.45, 7) is 11.4. The van der Waals surface area contributed by atoms with E-state index in [0.717, 1.165) is 5.69 Å². The molecule has 1 N–H and O–H groups in total. The lowest BCUT2D eigenvalue weighted by Crippen LogP contribution is -2.17. The summed E-state index contributed by atoms with van der Waals surface area (Å²) in [5.74, 6) is -0.0720. The second kappa shape index (κ2) is 4.78. The number of hydrogen-bond acceptors (Lipinski definition) is 4. The van der Waals surface area contributed by atoms with Crippen LogP contribution in [0.5, 0.6) is 0 Å². The molecule has 0 aromatic carbocycles. The lowest BCUT2D eigenvalue weighted by Gasteiger charge is -2.14. The van der Waals surface area contributed by atoms with Crippen LogP contribution in [0.4, 0.5) is 5.13 Å². The van der Waals surface area contributed by atoms with E-state index in [1.165, 1.54) is 11.3 Å². The third kappa shape index (κ3) is 4.47. The number of hydrogen-bond donors (Lipinski definition) is 1. The maximum atomic E-state index is 11.7. The summed E-state index contributed by atoms with van der Waals surface area (Å²) < 4.78 is 25.8. The summed E-state index contributed by atoms with van der Waals surface area (Å²) in [5.41, 5.74) is 1.41. The van der Waals surface area contributed by atoms with Crippen molar-refractivity contribution in [3.63, 3.8) is 0 Å². The zero-order chi connectivity index (χ0) is 13.3. The molecular weight excluding hydrogens is 256 g/mol. The second-order valence-corrected chi connectivity index (χ2v) is 7.69. The molecule has 0 atom stereocenters. The Hall–Kier alpha value is -0.880. The van der Waals surface area contributed by atoms with E-state index >= 15 is 0 Å². The molecule has 0 radical (unpaired) electrons. The number of nitrogens with one attached hydrogen (secondary N) is 1. The van der Waals surface area contributed by atoms with Gasteiger partial charge in [-0.3, -0.25) is 4.72 Å². The van der Waals surface area contributed by atoms with Gasteiger partial charge >= 0.3 is 0 Å². The van der Waals surface area contributed by atoms with Crippen molar-refractivity contribution in [1.29, 1.82) is 0 Å². The van der Waals surface area contributed by atoms with Crippen LogP contribution in [0.1, 0.15) is 33.4 Å². The van der Waals surface area contributed by atoms with Crippen LogP contribution in [0, 0.1) is 0 Å². The standard InChI is InChI=1S/C11H18N2O2S2/c1-8(2)7-17(14,15)13-10-12-9(6-16-10)11(3,4)5/h6H,1,7H2,2-5H3,(H,12,13). The smallest absolute Gasteiger partial charge is 0.238 e. The van der Waals surface area contributed by atoms with Gasteiger partial charge in [0.1, 0.15) is 0 Å². The van der Waals surface area contributed by atoms with E-state index in [9.17, 15) is 8.42 Å². The van der Waals surface area contributed by atoms with E-state index in [2.05, 4.69) is 16.3 Å². The van der Waals surface area contributed by atoms with Crippen LogP contribution in [0.15, 0.2) is 17.5 Å². The first kappa shape index (κ1) is 14.2. The Kier molecular flexibility index (Phi) is 3.99. The van der Waals surface area contributed by atoms with Crippen LogP contribution in [-0.2, 0) is 15.4 Å². The first-order chi connectivity index (χ1) is 7.60. The number of aromatic nitrogens is 1. The molecule has 1 rings (SSSR count). The molecule has 17 heavy (non-hydrogen) atoms. The third-order valence-electron chi connectivity index (χ3n) is 1.95. The van der Waals surface area contributed by atoms with Crippen molar-refractivity contribution >= 4 is 26.5 Å². The highest BCUT2D eigenvalue weighted by atomic mass is 32.2. The minimum atomic E-state index is -3.37. The predicted molar refractivity (Wildman–Crippen MR) is 73.0 cm³/mol. The molecule has 6 heteroatoms. The molecule has 1 aromatic rings. The molecule has 1 aromatic heterocycles. The molecule has 0 spiro atoms. The molecule has 1 heterocycles. The van der Waals surface area contributed by atoms with Crippen LogP contribution in [0.25, 0.3) is 0 Å². The Morgan fingerprint density at radius 3 is 2.53 bits per heavy atom. The average Bonchev–Trinajstić information content (AvgIpc) is 2.47. The van der Waals surface area contributed by atoms with E-state index in [-0.39, 0.29) is 11.2 Å². The summed E-state index contributed by atoms with van der Waals surface area (Å²) in [4.78, 5) is 4.27. The minimum Gasteiger partial charge on any atom is -0.258 e. The van der Waals surface area contributed by atoms with Gasteiger partial charge in [-0.25, -0.2) is 13.4 Å². The highest BCUT2D eigenvalue weighted by molar-refractivity contribution is 7.93. The van der Waals surface area contributed by atoms with Crippen LogP contribution in [0.2, 0.25) is 0 Å². The Morgan fingerprint density at radius 1 is 1.53 bits per heavy atom. The maximum absolute atomic E-state index is 11.7. The van der Waals surface area contributed by atoms with Crippen molar-refractivity contribution in [2.45, 2.75) is 33.1 Å². The highest BCUT2D eigenvalue weighted by Crippen LogP contribution is 2.26. The fourth-order valence-corrected chi connectivity index (χ4v) is 3.55. The second-order valence-electron chi connectivity index (χ2n) is 5.11. The van der Waals surface area contributed by atoms with E-state index < -0.39 is 10.0 Å². The Morgan fingerprint density at radius 2 is 2.12 bits per heavy atom. The maximum Gasteiger partial charge on any atom is 0.238 e. The minimum absolute atomic E-state index is 0.0720. The van der Waals surface area contributed by atoms with Gasteiger partial charge in [0.05, 0.1) is 11.4 Å². The number of anilines is 1. The molecule has 0 aliphatic heterocycles. The quantitative estimate of drug-likeness (QED) is 0.859. The molecule has 0 aliphatic carbocycles. The van der Waals surface area contributed by atoms with E-state index in [4.69, 9.17) is 0 Å². The average molecular weight is 274 g/mol. The summed E-state index contributed by atoms with van der Waals surface area (Å²) in [6.07, 6.45) is 0. The van der Waals surface area contributed by atoms with Gasteiger partial charge in [0.15, 0.2) is 5.13 Å². The molecule has 4 nitrogen and oxygen atoms in total. The lowest BCUT2D eigenvalue weighted by atomic mass is 9.93. The fraction of sp³-hybridized carbons (Fsp3) is 0.545. The number of sulfonamides is 1. The summed E-state index contributed by atoms with van der Waals surface area (Å²) in [7, 11) is -3.37. The van der Waals surface area contributed by atoms with Crippen LogP contribution in [0.3, 0.4) is 0 Å². The molecule has 0 saturated heterocycles. The number of rotatable bonds is 4.